The van der Waals surface area contributed by atoms with Gasteiger partial charge in [-0.3, -0.25) is 14.6 Å². The Balaban J connectivity index is 1.55. The van der Waals surface area contributed by atoms with Crippen molar-refractivity contribution in [2.24, 2.45) is 5.16 Å². The number of nitrogens with zero attached hydrogens (tertiary/aromatic N) is 3. The summed E-state index contributed by atoms with van der Waals surface area (Å²) in [5, 5.41) is 24.7. The Morgan fingerprint density at radius 3 is 2.42 bits per heavy atom. The minimum Gasteiger partial charge on any atom is -0.481 e. The molecule has 0 aliphatic carbocycles. The van der Waals surface area contributed by atoms with Crippen LogP contribution in [0.4, 0.5) is 14.6 Å². The molecule has 3 aromatic rings. The molecule has 36 heavy (non-hydrogen) atoms. The molecule has 1 aromatic heterocycles. The summed E-state index contributed by atoms with van der Waals surface area (Å²) in [4.78, 5) is 48.4. The molecule has 1 unspecified atom stereocenters. The van der Waals surface area contributed by atoms with Crippen LogP contribution in [0.5, 0.6) is 0 Å². The second-order valence-corrected chi connectivity index (χ2v) is 8.04. The van der Waals surface area contributed by atoms with E-state index >= 15 is 0 Å². The molecule has 0 fully saturated rings. The lowest BCUT2D eigenvalue weighted by Gasteiger charge is -2.19. The summed E-state index contributed by atoms with van der Waals surface area (Å²) in [6.07, 6.45) is 1.55. The molecule has 2 aromatic carbocycles. The van der Waals surface area contributed by atoms with Gasteiger partial charge in [-0.2, -0.15) is 0 Å². The van der Waals surface area contributed by atoms with Gasteiger partial charge in [-0.05, 0) is 30.7 Å². The number of aromatic nitrogens is 2. The molecular weight excluding hydrogens is 478 g/mol. The number of nitrogens with one attached hydrogen (secondary N) is 1. The molecule has 0 spiro atoms. The monoisotopic (exact) mass is 496 g/mol. The van der Waals surface area contributed by atoms with E-state index in [1.54, 1.807) is 25.1 Å². The Labute approximate surface area is 202 Å². The number of rotatable bonds is 7. The van der Waals surface area contributed by atoms with E-state index in [1.807, 2.05) is 0 Å². The molecule has 1 atom stereocenters. The fourth-order valence-corrected chi connectivity index (χ4v) is 3.66. The first kappa shape index (κ1) is 24.4. The molecule has 1 aliphatic rings. The number of hydrogen-bond donors (Lipinski definition) is 3. The van der Waals surface area contributed by atoms with Crippen LogP contribution in [-0.2, 0) is 14.4 Å². The number of aliphatic carboxylic acids is 2. The van der Waals surface area contributed by atoms with Crippen molar-refractivity contribution in [3.8, 4) is 11.3 Å². The lowest BCUT2D eigenvalue weighted by Crippen LogP contribution is -2.41. The van der Waals surface area contributed by atoms with Crippen LogP contribution in [0.3, 0.4) is 0 Å². The van der Waals surface area contributed by atoms with Crippen molar-refractivity contribution < 1.29 is 38.2 Å². The number of hydrogen-bond acceptors (Lipinski definition) is 7. The van der Waals surface area contributed by atoms with E-state index in [2.05, 4.69) is 20.4 Å². The standard InChI is InChI=1S/C24H18F2N4O6/c1-12-5-6-13(17-8-24(23(34)35,36-30-17)9-20(31)32)7-14(12)18-10-28-19(11-27-18)29-22(33)21-15(25)3-2-4-16(21)26/h2-7,10-11H,8-9H2,1H3,(H,31,32)(H,34,35)(H,28,29,33). The van der Waals surface area contributed by atoms with Crippen LogP contribution in [0, 0.1) is 18.6 Å². The average Bonchev–Trinajstić information content (AvgIpc) is 3.25. The SMILES string of the molecule is Cc1ccc(C2=NOC(CC(=O)O)(C(=O)O)C2)cc1-c1cnc(NC(=O)c2c(F)cccc2F)cn1. The number of aryl methyl sites for hydroxylation is 1. The van der Waals surface area contributed by atoms with Gasteiger partial charge >= 0.3 is 11.9 Å². The first-order valence-electron chi connectivity index (χ1n) is 10.5. The smallest absolute Gasteiger partial charge is 0.351 e. The summed E-state index contributed by atoms with van der Waals surface area (Å²) in [5.41, 5.74) is -0.212. The van der Waals surface area contributed by atoms with E-state index < -0.39 is 47.1 Å². The molecule has 0 saturated carbocycles. The third kappa shape index (κ3) is 4.73. The molecule has 12 heteroatoms. The summed E-state index contributed by atoms with van der Waals surface area (Å²) in [5.74, 6) is -5.85. The Morgan fingerprint density at radius 2 is 1.81 bits per heavy atom. The number of carboxylic acid groups (broad SMARTS) is 2. The largest absolute Gasteiger partial charge is 0.481 e. The predicted octanol–water partition coefficient (Wildman–Crippen LogP) is 3.41. The number of carbonyl (C=O) groups is 3. The normalized spacial score (nSPS) is 16.7. The zero-order chi connectivity index (χ0) is 26.0. The number of benzene rings is 2. The van der Waals surface area contributed by atoms with Gasteiger partial charge in [0.25, 0.3) is 5.91 Å². The van der Waals surface area contributed by atoms with Crippen LogP contribution in [-0.4, -0.2) is 49.3 Å². The van der Waals surface area contributed by atoms with Crippen molar-refractivity contribution in [1.82, 2.24) is 9.97 Å². The van der Waals surface area contributed by atoms with E-state index in [-0.39, 0.29) is 18.0 Å². The molecular formula is C24H18F2N4O6. The lowest BCUT2D eigenvalue weighted by atomic mass is 9.90. The van der Waals surface area contributed by atoms with Gasteiger partial charge in [0.15, 0.2) is 5.82 Å². The first-order valence-corrected chi connectivity index (χ1v) is 10.5. The van der Waals surface area contributed by atoms with Crippen molar-refractivity contribution in [2.45, 2.75) is 25.4 Å². The summed E-state index contributed by atoms with van der Waals surface area (Å²) in [6, 6.07) is 8.17. The topological polar surface area (TPSA) is 151 Å². The first-order chi connectivity index (χ1) is 17.1. The Morgan fingerprint density at radius 1 is 1.08 bits per heavy atom. The second-order valence-electron chi connectivity index (χ2n) is 8.04. The zero-order valence-electron chi connectivity index (χ0n) is 18.7. The van der Waals surface area contributed by atoms with Gasteiger partial charge in [0.1, 0.15) is 17.2 Å². The van der Waals surface area contributed by atoms with Crippen LogP contribution in [0.1, 0.15) is 34.3 Å². The van der Waals surface area contributed by atoms with Crippen LogP contribution in [0.2, 0.25) is 0 Å². The van der Waals surface area contributed by atoms with Gasteiger partial charge in [0, 0.05) is 17.5 Å². The molecule has 0 saturated heterocycles. The third-order valence-electron chi connectivity index (χ3n) is 5.54. The van der Waals surface area contributed by atoms with Gasteiger partial charge in [-0.1, -0.05) is 23.4 Å². The number of halogens is 2. The summed E-state index contributed by atoms with van der Waals surface area (Å²) < 4.78 is 27.7. The number of carbonyl (C=O) groups excluding carboxylic acids is 1. The van der Waals surface area contributed by atoms with E-state index in [9.17, 15) is 28.3 Å². The Hall–Kier alpha value is -4.74. The second kappa shape index (κ2) is 9.49. The molecule has 10 nitrogen and oxygen atoms in total. The van der Waals surface area contributed by atoms with Crippen molar-refractivity contribution in [1.29, 1.82) is 0 Å². The maximum Gasteiger partial charge on any atom is 0.351 e. The third-order valence-corrected chi connectivity index (χ3v) is 5.54. The minimum absolute atomic E-state index is 0.0336. The maximum atomic E-state index is 13.8. The minimum atomic E-state index is -2.00. The van der Waals surface area contributed by atoms with Crippen LogP contribution in [0.25, 0.3) is 11.3 Å². The van der Waals surface area contributed by atoms with Crippen LogP contribution < -0.4 is 5.32 Å². The van der Waals surface area contributed by atoms with E-state index in [0.29, 0.717) is 16.8 Å². The van der Waals surface area contributed by atoms with Gasteiger partial charge in [0.05, 0.1) is 30.2 Å². The highest BCUT2D eigenvalue weighted by Crippen LogP contribution is 2.32. The van der Waals surface area contributed by atoms with Crippen molar-refractivity contribution in [3.05, 3.63) is 77.1 Å². The number of oxime groups is 1. The van der Waals surface area contributed by atoms with Crippen LogP contribution in [0.15, 0.2) is 53.9 Å². The molecule has 0 bridgehead atoms. The van der Waals surface area contributed by atoms with E-state index in [0.717, 1.165) is 23.8 Å². The van der Waals surface area contributed by atoms with E-state index in [1.165, 1.54) is 12.4 Å². The molecule has 1 amide bonds. The zero-order valence-corrected chi connectivity index (χ0v) is 18.7. The van der Waals surface area contributed by atoms with Crippen molar-refractivity contribution in [2.75, 3.05) is 5.32 Å². The lowest BCUT2D eigenvalue weighted by molar-refractivity contribution is -0.169. The highest BCUT2D eigenvalue weighted by molar-refractivity contribution is 6.06. The average molecular weight is 496 g/mol. The summed E-state index contributed by atoms with van der Waals surface area (Å²) in [6.45, 7) is 1.80. The molecule has 1 aliphatic heterocycles. The highest BCUT2D eigenvalue weighted by atomic mass is 19.1. The predicted molar refractivity (Wildman–Crippen MR) is 121 cm³/mol. The molecule has 3 N–H and O–H groups in total. The maximum absolute atomic E-state index is 13.8. The number of carboxylic acids is 2. The molecule has 4 rings (SSSR count). The van der Waals surface area contributed by atoms with Gasteiger partial charge < -0.3 is 20.4 Å². The van der Waals surface area contributed by atoms with Gasteiger partial charge in [0.2, 0.25) is 5.60 Å². The fourth-order valence-electron chi connectivity index (χ4n) is 3.66. The number of anilines is 1. The molecule has 2 heterocycles. The summed E-state index contributed by atoms with van der Waals surface area (Å²) in [7, 11) is 0. The van der Waals surface area contributed by atoms with Gasteiger partial charge in [-0.15, -0.1) is 0 Å². The number of amides is 1. The Kier molecular flexibility index (Phi) is 6.43. The quantitative estimate of drug-likeness (QED) is 0.450. The Bertz CT molecular complexity index is 1390. The van der Waals surface area contributed by atoms with E-state index in [4.69, 9.17) is 9.94 Å². The van der Waals surface area contributed by atoms with Gasteiger partial charge in [-0.25, -0.2) is 18.6 Å². The molecule has 0 radical (unpaired) electrons. The van der Waals surface area contributed by atoms with Crippen molar-refractivity contribution in [3.63, 3.8) is 0 Å². The highest BCUT2D eigenvalue weighted by Gasteiger charge is 2.49. The van der Waals surface area contributed by atoms with Crippen LogP contribution >= 0.6 is 0 Å². The van der Waals surface area contributed by atoms with Crippen molar-refractivity contribution >= 4 is 29.4 Å². The summed E-state index contributed by atoms with van der Waals surface area (Å²) >= 11 is 0. The fraction of sp³-hybridized carbons (Fsp3) is 0.167. The molecule has 184 valence electrons.